The minimum atomic E-state index is -5.09. The molecular weight excluding hydrogens is 388 g/mol. The first-order valence-electron chi connectivity index (χ1n) is 8.39. The van der Waals surface area contributed by atoms with Crippen LogP contribution < -0.4 is 0 Å². The zero-order chi connectivity index (χ0) is 20.4. The third-order valence-corrected chi connectivity index (χ3v) is 4.56. The Morgan fingerprint density at radius 3 is 2.04 bits per heavy atom. The predicted octanol–water partition coefficient (Wildman–Crippen LogP) is 4.84. The Kier molecular flexibility index (Phi) is 5.69. The van der Waals surface area contributed by atoms with Gasteiger partial charge in [0.1, 0.15) is 0 Å². The van der Waals surface area contributed by atoms with Gasteiger partial charge in [0.05, 0.1) is 19.8 Å². The minimum Gasteiger partial charge on any atom is -0.377 e. The third kappa shape index (κ3) is 3.87. The number of halogens is 6. The molecule has 2 aromatic carbocycles. The van der Waals surface area contributed by atoms with Gasteiger partial charge in [-0.15, -0.1) is 0 Å². The number of nitrogens with zero attached hydrogens (tertiary/aromatic N) is 1. The van der Waals surface area contributed by atoms with Gasteiger partial charge >= 0.3 is 12.4 Å². The van der Waals surface area contributed by atoms with E-state index >= 15 is 0 Å². The summed E-state index contributed by atoms with van der Waals surface area (Å²) < 4.78 is 88.4. The number of benzene rings is 2. The molecule has 0 saturated carbocycles. The number of hydroxylamine groups is 2. The highest BCUT2D eigenvalue weighted by Crippen LogP contribution is 2.49. The lowest BCUT2D eigenvalue weighted by molar-refractivity contribution is -0.407. The van der Waals surface area contributed by atoms with Crippen LogP contribution in [-0.2, 0) is 21.7 Å². The second-order valence-electron chi connectivity index (χ2n) is 6.38. The number of hydrogen-bond acceptors (Lipinski definition) is 3. The summed E-state index contributed by atoms with van der Waals surface area (Å²) in [5.41, 5.74) is -3.04. The number of hydrogen-bond donors (Lipinski definition) is 0. The van der Waals surface area contributed by atoms with Crippen molar-refractivity contribution in [2.24, 2.45) is 0 Å². The lowest BCUT2D eigenvalue weighted by Gasteiger charge is -2.50. The van der Waals surface area contributed by atoms with Crippen molar-refractivity contribution in [2.75, 3.05) is 13.2 Å². The van der Waals surface area contributed by atoms with E-state index in [1.165, 1.54) is 18.2 Å². The van der Waals surface area contributed by atoms with E-state index in [0.717, 1.165) is 12.1 Å². The molecule has 0 bridgehead atoms. The average Bonchev–Trinajstić information content (AvgIpc) is 2.66. The molecule has 2 atom stereocenters. The van der Waals surface area contributed by atoms with Gasteiger partial charge in [0.25, 0.3) is 0 Å². The van der Waals surface area contributed by atoms with Crippen LogP contribution in [0.1, 0.15) is 11.1 Å². The molecule has 3 nitrogen and oxygen atoms in total. The molecule has 1 heterocycles. The first kappa shape index (κ1) is 20.6. The molecule has 0 N–H and O–H groups in total. The van der Waals surface area contributed by atoms with Crippen molar-refractivity contribution in [1.29, 1.82) is 0 Å². The maximum absolute atomic E-state index is 14.3. The van der Waals surface area contributed by atoms with Crippen molar-refractivity contribution in [3.8, 4) is 0 Å². The molecule has 0 aromatic heterocycles. The first-order chi connectivity index (χ1) is 13.2. The Hall–Kier alpha value is -2.10. The topological polar surface area (TPSA) is 21.7 Å². The second kappa shape index (κ2) is 7.73. The third-order valence-electron chi connectivity index (χ3n) is 4.56. The van der Waals surface area contributed by atoms with Gasteiger partial charge in [-0.05, 0) is 11.1 Å². The van der Waals surface area contributed by atoms with Crippen LogP contribution in [-0.4, -0.2) is 36.7 Å². The molecular formula is C19H17F6NO2. The molecule has 0 amide bonds. The summed E-state index contributed by atoms with van der Waals surface area (Å²) in [7, 11) is 0. The summed E-state index contributed by atoms with van der Waals surface area (Å²) >= 11 is 0. The largest absolute Gasteiger partial charge is 0.415 e. The second-order valence-corrected chi connectivity index (χ2v) is 6.38. The van der Waals surface area contributed by atoms with E-state index in [2.05, 4.69) is 0 Å². The van der Waals surface area contributed by atoms with E-state index < -0.39 is 43.8 Å². The van der Waals surface area contributed by atoms with Gasteiger partial charge in [-0.1, -0.05) is 60.7 Å². The molecule has 2 aromatic rings. The lowest BCUT2D eigenvalue weighted by Crippen LogP contribution is -2.68. The molecule has 28 heavy (non-hydrogen) atoms. The summed E-state index contributed by atoms with van der Waals surface area (Å²) in [6, 6.07) is 11.8. The maximum atomic E-state index is 14.3. The molecule has 9 heteroatoms. The van der Waals surface area contributed by atoms with Crippen molar-refractivity contribution in [3.05, 3.63) is 71.8 Å². The number of alkyl halides is 6. The Morgan fingerprint density at radius 1 is 0.929 bits per heavy atom. The van der Waals surface area contributed by atoms with Crippen molar-refractivity contribution < 1.29 is 35.9 Å². The number of morpholine rings is 1. The smallest absolute Gasteiger partial charge is 0.377 e. The molecule has 1 aliphatic rings. The molecule has 152 valence electrons. The molecule has 1 aliphatic heterocycles. The Labute approximate surface area is 157 Å². The zero-order valence-corrected chi connectivity index (χ0v) is 14.5. The lowest BCUT2D eigenvalue weighted by atomic mass is 9.87. The van der Waals surface area contributed by atoms with Crippen LogP contribution in [0, 0.1) is 0 Å². The quantitative estimate of drug-likeness (QED) is 0.680. The van der Waals surface area contributed by atoms with Gasteiger partial charge in [0.2, 0.25) is 0 Å². The zero-order valence-electron chi connectivity index (χ0n) is 14.5. The van der Waals surface area contributed by atoms with Crippen LogP contribution in [0.4, 0.5) is 26.3 Å². The highest BCUT2D eigenvalue weighted by Gasteiger charge is 2.67. The fourth-order valence-corrected chi connectivity index (χ4v) is 3.16. The standard InChI is InChI=1S/C19H17F6NO2/c20-18(21,22)16-12-27-13-17(19(23,24)25,15-9-5-2-6-10-15)26(16)28-11-14-7-3-1-4-8-14/h1-10,16H,11-13H2. The molecule has 1 saturated heterocycles. The van der Waals surface area contributed by atoms with Crippen LogP contribution in [0.15, 0.2) is 60.7 Å². The summed E-state index contributed by atoms with van der Waals surface area (Å²) in [4.78, 5) is 5.22. The SMILES string of the molecule is FC(F)(F)C1COCC(c2ccccc2)(C(F)(F)F)N1OCc1ccccc1. The van der Waals surface area contributed by atoms with Crippen LogP contribution in [0.3, 0.4) is 0 Å². The summed E-state index contributed by atoms with van der Waals surface area (Å²) in [6.07, 6.45) is -10.1. The molecule has 0 radical (unpaired) electrons. The normalized spacial score (nSPS) is 24.3. The van der Waals surface area contributed by atoms with E-state index in [1.54, 1.807) is 30.3 Å². The minimum absolute atomic E-state index is 0.0266. The van der Waals surface area contributed by atoms with Crippen LogP contribution in [0.5, 0.6) is 0 Å². The van der Waals surface area contributed by atoms with Crippen molar-refractivity contribution in [2.45, 2.75) is 30.5 Å². The Bertz CT molecular complexity index is 765. The van der Waals surface area contributed by atoms with Crippen molar-refractivity contribution >= 4 is 0 Å². The fourth-order valence-electron chi connectivity index (χ4n) is 3.16. The van der Waals surface area contributed by atoms with Gasteiger partial charge in [-0.3, -0.25) is 4.84 Å². The van der Waals surface area contributed by atoms with E-state index in [0.29, 0.717) is 5.56 Å². The van der Waals surface area contributed by atoms with Gasteiger partial charge in [-0.25, -0.2) is 0 Å². The van der Waals surface area contributed by atoms with E-state index in [1.807, 2.05) is 0 Å². The molecule has 0 aliphatic carbocycles. The van der Waals surface area contributed by atoms with Crippen molar-refractivity contribution in [3.63, 3.8) is 0 Å². The van der Waals surface area contributed by atoms with E-state index in [9.17, 15) is 26.3 Å². The molecule has 2 unspecified atom stereocenters. The van der Waals surface area contributed by atoms with Crippen LogP contribution >= 0.6 is 0 Å². The Morgan fingerprint density at radius 2 is 1.50 bits per heavy atom. The maximum Gasteiger partial charge on any atom is 0.415 e. The van der Waals surface area contributed by atoms with Crippen LogP contribution in [0.2, 0.25) is 0 Å². The Balaban J connectivity index is 2.08. The summed E-state index contributed by atoms with van der Waals surface area (Å²) in [5, 5.41) is 0.0266. The van der Waals surface area contributed by atoms with Gasteiger partial charge in [0.15, 0.2) is 11.6 Å². The summed E-state index contributed by atoms with van der Waals surface area (Å²) in [6.45, 7) is -2.41. The van der Waals surface area contributed by atoms with Crippen molar-refractivity contribution in [1.82, 2.24) is 5.06 Å². The monoisotopic (exact) mass is 405 g/mol. The molecule has 0 spiro atoms. The first-order valence-corrected chi connectivity index (χ1v) is 8.39. The number of ether oxygens (including phenoxy) is 1. The van der Waals surface area contributed by atoms with Gasteiger partial charge in [0, 0.05) is 0 Å². The fraction of sp³-hybridized carbons (Fsp3) is 0.368. The highest BCUT2D eigenvalue weighted by atomic mass is 19.4. The van der Waals surface area contributed by atoms with Gasteiger partial charge in [-0.2, -0.15) is 31.4 Å². The average molecular weight is 405 g/mol. The van der Waals surface area contributed by atoms with Crippen LogP contribution in [0.25, 0.3) is 0 Å². The number of rotatable bonds is 4. The highest BCUT2D eigenvalue weighted by molar-refractivity contribution is 5.28. The summed E-state index contributed by atoms with van der Waals surface area (Å²) in [5.74, 6) is 0. The molecule has 1 fully saturated rings. The molecule has 3 rings (SSSR count). The van der Waals surface area contributed by atoms with Gasteiger partial charge < -0.3 is 4.74 Å². The predicted molar refractivity (Wildman–Crippen MR) is 87.9 cm³/mol. The van der Waals surface area contributed by atoms with E-state index in [4.69, 9.17) is 9.57 Å². The van der Waals surface area contributed by atoms with E-state index in [-0.39, 0.29) is 10.6 Å².